The molecule has 0 radical (unpaired) electrons. The lowest BCUT2D eigenvalue weighted by Crippen LogP contribution is -2.55. The Bertz CT molecular complexity index is 391. The molecule has 2 aliphatic carbocycles. The molecule has 0 heterocycles. The largest absolute Gasteiger partial charge is 0.481 e. The van der Waals surface area contributed by atoms with Crippen LogP contribution in [0.25, 0.3) is 0 Å². The maximum absolute atomic E-state index is 12.1. The minimum atomic E-state index is -0.789. The van der Waals surface area contributed by atoms with Gasteiger partial charge in [0.2, 0.25) is 5.91 Å². The smallest absolute Gasteiger partial charge is 0.308 e. The van der Waals surface area contributed by atoms with E-state index in [2.05, 4.69) is 17.5 Å². The van der Waals surface area contributed by atoms with Crippen molar-refractivity contribution in [1.29, 1.82) is 0 Å². The number of amides is 1. The Morgan fingerprint density at radius 2 is 2.16 bits per heavy atom. The molecule has 2 N–H and O–H groups in total. The molecule has 0 saturated heterocycles. The Balaban J connectivity index is 1.95. The first-order valence-corrected chi connectivity index (χ1v) is 7.22. The van der Waals surface area contributed by atoms with E-state index in [1.807, 2.05) is 6.92 Å². The zero-order chi connectivity index (χ0) is 13.9. The van der Waals surface area contributed by atoms with Crippen LogP contribution >= 0.6 is 0 Å². The van der Waals surface area contributed by atoms with E-state index in [1.54, 1.807) is 0 Å². The third kappa shape index (κ3) is 3.37. The number of carboxylic acids is 1. The van der Waals surface area contributed by atoms with E-state index in [0.29, 0.717) is 18.8 Å². The minimum Gasteiger partial charge on any atom is -0.481 e. The maximum Gasteiger partial charge on any atom is 0.308 e. The van der Waals surface area contributed by atoms with Crippen molar-refractivity contribution in [2.45, 2.75) is 57.4 Å². The number of carboxylic acid groups (broad SMARTS) is 1. The number of aliphatic carboxylic acids is 1. The maximum atomic E-state index is 12.1. The summed E-state index contributed by atoms with van der Waals surface area (Å²) in [6, 6.07) is 0. The SMILES string of the molecule is CC1(NC(=O)CC2C=CCC2)CCCCC1C(=O)O. The predicted octanol–water partition coefficient (Wildman–Crippen LogP) is 2.49. The van der Waals surface area contributed by atoms with Gasteiger partial charge in [0.15, 0.2) is 0 Å². The van der Waals surface area contributed by atoms with Crippen LogP contribution in [0.1, 0.15) is 51.9 Å². The highest BCUT2D eigenvalue weighted by Gasteiger charge is 2.42. The molecule has 4 nitrogen and oxygen atoms in total. The Morgan fingerprint density at radius 1 is 1.37 bits per heavy atom. The number of rotatable bonds is 4. The Kier molecular flexibility index (Phi) is 4.27. The van der Waals surface area contributed by atoms with Crippen LogP contribution in [-0.4, -0.2) is 22.5 Å². The number of hydrogen-bond donors (Lipinski definition) is 2. The molecule has 106 valence electrons. The summed E-state index contributed by atoms with van der Waals surface area (Å²) >= 11 is 0. The summed E-state index contributed by atoms with van der Waals surface area (Å²) in [5.74, 6) is -0.921. The molecular formula is C15H23NO3. The molecular weight excluding hydrogens is 242 g/mol. The van der Waals surface area contributed by atoms with E-state index in [0.717, 1.165) is 32.1 Å². The van der Waals surface area contributed by atoms with E-state index in [9.17, 15) is 14.7 Å². The molecule has 0 aromatic carbocycles. The second-order valence-corrected chi connectivity index (χ2v) is 6.07. The Morgan fingerprint density at radius 3 is 2.79 bits per heavy atom. The van der Waals surface area contributed by atoms with Gasteiger partial charge in [0, 0.05) is 6.42 Å². The number of nitrogens with one attached hydrogen (secondary N) is 1. The molecule has 1 amide bonds. The van der Waals surface area contributed by atoms with Crippen LogP contribution in [0.15, 0.2) is 12.2 Å². The molecule has 3 atom stereocenters. The molecule has 2 rings (SSSR count). The van der Waals surface area contributed by atoms with E-state index in [-0.39, 0.29) is 5.91 Å². The van der Waals surface area contributed by atoms with Crippen molar-refractivity contribution in [2.24, 2.45) is 11.8 Å². The zero-order valence-electron chi connectivity index (χ0n) is 11.5. The fourth-order valence-corrected chi connectivity index (χ4v) is 3.35. The summed E-state index contributed by atoms with van der Waals surface area (Å²) in [4.78, 5) is 23.4. The van der Waals surface area contributed by atoms with Crippen molar-refractivity contribution in [1.82, 2.24) is 5.32 Å². The molecule has 0 bridgehead atoms. The molecule has 2 aliphatic rings. The number of hydrogen-bond acceptors (Lipinski definition) is 2. The van der Waals surface area contributed by atoms with Gasteiger partial charge in [0.1, 0.15) is 0 Å². The van der Waals surface area contributed by atoms with Crippen molar-refractivity contribution >= 4 is 11.9 Å². The molecule has 19 heavy (non-hydrogen) atoms. The Labute approximate surface area is 114 Å². The molecule has 0 spiro atoms. The van der Waals surface area contributed by atoms with E-state index in [4.69, 9.17) is 0 Å². The summed E-state index contributed by atoms with van der Waals surface area (Å²) in [5.41, 5.74) is -0.580. The van der Waals surface area contributed by atoms with Crippen LogP contribution in [0.3, 0.4) is 0 Å². The highest BCUT2D eigenvalue weighted by Crippen LogP contribution is 2.34. The second kappa shape index (κ2) is 5.76. The zero-order valence-corrected chi connectivity index (χ0v) is 11.5. The summed E-state index contributed by atoms with van der Waals surface area (Å²) in [6.45, 7) is 1.88. The molecule has 0 aromatic heterocycles. The number of carbonyl (C=O) groups is 2. The lowest BCUT2D eigenvalue weighted by Gasteiger charge is -2.40. The van der Waals surface area contributed by atoms with Gasteiger partial charge in [0.05, 0.1) is 11.5 Å². The van der Waals surface area contributed by atoms with Gasteiger partial charge >= 0.3 is 5.97 Å². The normalized spacial score (nSPS) is 34.2. The molecule has 1 saturated carbocycles. The lowest BCUT2D eigenvalue weighted by atomic mass is 9.73. The molecule has 0 aromatic rings. The first kappa shape index (κ1) is 14.1. The van der Waals surface area contributed by atoms with E-state index >= 15 is 0 Å². The number of allylic oxidation sites excluding steroid dienone is 2. The number of carbonyl (C=O) groups excluding carboxylic acids is 1. The molecule has 0 aliphatic heterocycles. The Hall–Kier alpha value is -1.32. The van der Waals surface area contributed by atoms with Crippen LogP contribution in [0, 0.1) is 11.8 Å². The standard InChI is InChI=1S/C15H23NO3/c1-15(9-5-4-8-12(15)14(18)19)16-13(17)10-11-6-2-3-7-11/h2,6,11-12H,3-5,7-10H2,1H3,(H,16,17)(H,18,19). The predicted molar refractivity (Wildman–Crippen MR) is 72.6 cm³/mol. The van der Waals surface area contributed by atoms with Gasteiger partial charge < -0.3 is 10.4 Å². The van der Waals surface area contributed by atoms with Crippen molar-refractivity contribution in [3.63, 3.8) is 0 Å². The fraction of sp³-hybridized carbons (Fsp3) is 0.733. The van der Waals surface area contributed by atoms with E-state index < -0.39 is 17.4 Å². The monoisotopic (exact) mass is 265 g/mol. The van der Waals surface area contributed by atoms with Gasteiger partial charge in [-0.05, 0) is 38.5 Å². The van der Waals surface area contributed by atoms with Gasteiger partial charge in [-0.2, -0.15) is 0 Å². The van der Waals surface area contributed by atoms with Crippen molar-refractivity contribution in [3.8, 4) is 0 Å². The van der Waals surface area contributed by atoms with Crippen LogP contribution in [0.4, 0.5) is 0 Å². The van der Waals surface area contributed by atoms with Crippen LogP contribution in [0.5, 0.6) is 0 Å². The van der Waals surface area contributed by atoms with Crippen LogP contribution in [0.2, 0.25) is 0 Å². The van der Waals surface area contributed by atoms with Crippen molar-refractivity contribution in [3.05, 3.63) is 12.2 Å². The van der Waals surface area contributed by atoms with E-state index in [1.165, 1.54) is 0 Å². The third-order valence-corrected chi connectivity index (χ3v) is 4.49. The molecule has 3 unspecified atom stereocenters. The van der Waals surface area contributed by atoms with Gasteiger partial charge in [-0.15, -0.1) is 0 Å². The molecule has 4 heteroatoms. The highest BCUT2D eigenvalue weighted by atomic mass is 16.4. The first-order valence-electron chi connectivity index (χ1n) is 7.22. The van der Waals surface area contributed by atoms with Crippen LogP contribution in [-0.2, 0) is 9.59 Å². The third-order valence-electron chi connectivity index (χ3n) is 4.49. The fourth-order valence-electron chi connectivity index (χ4n) is 3.35. The summed E-state index contributed by atoms with van der Waals surface area (Å²) in [5, 5.41) is 12.3. The first-order chi connectivity index (χ1) is 9.01. The minimum absolute atomic E-state index is 0.00722. The van der Waals surface area contributed by atoms with Crippen molar-refractivity contribution < 1.29 is 14.7 Å². The summed E-state index contributed by atoms with van der Waals surface area (Å²) < 4.78 is 0. The van der Waals surface area contributed by atoms with Crippen molar-refractivity contribution in [2.75, 3.05) is 0 Å². The van der Waals surface area contributed by atoms with Crippen LogP contribution < -0.4 is 5.32 Å². The van der Waals surface area contributed by atoms with Gasteiger partial charge in [-0.1, -0.05) is 25.0 Å². The average molecular weight is 265 g/mol. The highest BCUT2D eigenvalue weighted by molar-refractivity contribution is 5.79. The summed E-state index contributed by atoms with van der Waals surface area (Å²) in [7, 11) is 0. The van der Waals surface area contributed by atoms with Gasteiger partial charge in [0.25, 0.3) is 0 Å². The van der Waals surface area contributed by atoms with Gasteiger partial charge in [-0.3, -0.25) is 9.59 Å². The quantitative estimate of drug-likeness (QED) is 0.767. The topological polar surface area (TPSA) is 66.4 Å². The average Bonchev–Trinajstić information content (AvgIpc) is 2.80. The lowest BCUT2D eigenvalue weighted by molar-refractivity contribution is -0.146. The second-order valence-electron chi connectivity index (χ2n) is 6.07. The van der Waals surface area contributed by atoms with Gasteiger partial charge in [-0.25, -0.2) is 0 Å². The molecule has 1 fully saturated rings. The summed E-state index contributed by atoms with van der Waals surface area (Å²) in [6.07, 6.45) is 10.1.